The van der Waals surface area contributed by atoms with Gasteiger partial charge < -0.3 is 0 Å². The molecule has 152 valence electrons. The second kappa shape index (κ2) is 6.95. The van der Waals surface area contributed by atoms with Gasteiger partial charge in [0.15, 0.2) is 11.4 Å². The lowest BCUT2D eigenvalue weighted by Crippen LogP contribution is -2.29. The fourth-order valence-corrected chi connectivity index (χ4v) is 4.07. The highest BCUT2D eigenvalue weighted by Crippen LogP contribution is 2.34. The Hall–Kier alpha value is -3.65. The number of amides is 2. The van der Waals surface area contributed by atoms with Crippen molar-refractivity contribution in [3.05, 3.63) is 81.6 Å². The van der Waals surface area contributed by atoms with Gasteiger partial charge in [-0.1, -0.05) is 15.9 Å². The molecule has 0 atom stereocenters. The van der Waals surface area contributed by atoms with Crippen LogP contribution in [0.2, 0.25) is 0 Å². The third-order valence-electron chi connectivity index (χ3n) is 5.32. The summed E-state index contributed by atoms with van der Waals surface area (Å²) in [7, 11) is 0. The minimum atomic E-state index is -0.444. The number of aryl methyl sites for hydroxylation is 1. The Morgan fingerprint density at radius 2 is 1.58 bits per heavy atom. The summed E-state index contributed by atoms with van der Waals surface area (Å²) in [5.41, 5.74) is 3.37. The Balaban J connectivity index is 1.65. The molecule has 1 aliphatic rings. The number of pyridine rings is 1. The number of rotatable bonds is 3. The quantitative estimate of drug-likeness (QED) is 0.322. The first-order valence-corrected chi connectivity index (χ1v) is 10.3. The number of Topliss-reactive ketones (excluding diaryl/α,β-unsaturated/α-hetero) is 1. The number of fused-ring (bicyclic) bond motifs is 3. The summed E-state index contributed by atoms with van der Waals surface area (Å²) in [4.78, 5) is 43.5. The first-order chi connectivity index (χ1) is 14.9. The van der Waals surface area contributed by atoms with Crippen molar-refractivity contribution in [1.82, 2.24) is 14.8 Å². The topological polar surface area (TPSA) is 85.2 Å². The largest absolute Gasteiger partial charge is 0.295 e. The Kier molecular flexibility index (Phi) is 4.33. The van der Waals surface area contributed by atoms with Crippen molar-refractivity contribution < 1.29 is 14.4 Å². The molecule has 3 heterocycles. The van der Waals surface area contributed by atoms with Gasteiger partial charge in [0, 0.05) is 16.2 Å². The lowest BCUT2D eigenvalue weighted by Gasteiger charge is -2.14. The molecule has 31 heavy (non-hydrogen) atoms. The number of ketones is 1. The minimum Gasteiger partial charge on any atom is -0.295 e. The molecule has 0 bridgehead atoms. The van der Waals surface area contributed by atoms with Gasteiger partial charge in [0.05, 0.1) is 33.6 Å². The number of carbonyl (C=O) groups excluding carboxylic acids is 3. The number of hydrogen-bond donors (Lipinski definition) is 0. The van der Waals surface area contributed by atoms with Crippen molar-refractivity contribution in [2.45, 2.75) is 13.8 Å². The summed E-state index contributed by atoms with van der Waals surface area (Å²) in [6, 6.07) is 14.0. The number of imide groups is 1. The molecule has 2 aromatic heterocycles. The average molecular weight is 475 g/mol. The standard InChI is InChI=1S/C23H15BrN4O3/c1-12-19-20-18(11-25-21(19)28(26-12)17-9-5-15(24)6-10-17)22(30)27(23(20)31)16-7-3-14(4-8-16)13(2)29/h3-11H,1-2H3. The van der Waals surface area contributed by atoms with Crippen molar-refractivity contribution in [2.75, 3.05) is 4.90 Å². The number of carbonyl (C=O) groups is 3. The maximum absolute atomic E-state index is 13.4. The molecule has 4 aromatic rings. The van der Waals surface area contributed by atoms with Crippen LogP contribution >= 0.6 is 15.9 Å². The fourth-order valence-electron chi connectivity index (χ4n) is 3.80. The van der Waals surface area contributed by atoms with E-state index in [1.165, 1.54) is 13.1 Å². The minimum absolute atomic E-state index is 0.0872. The molecular weight excluding hydrogens is 460 g/mol. The van der Waals surface area contributed by atoms with Crippen LogP contribution in [0.15, 0.2) is 59.2 Å². The summed E-state index contributed by atoms with van der Waals surface area (Å²) in [6.07, 6.45) is 1.43. The number of benzene rings is 2. The van der Waals surface area contributed by atoms with Gasteiger partial charge in [-0.05, 0) is 62.4 Å². The monoisotopic (exact) mass is 474 g/mol. The molecule has 7 nitrogen and oxygen atoms in total. The van der Waals surface area contributed by atoms with Gasteiger partial charge in [-0.3, -0.25) is 14.4 Å². The molecule has 0 saturated heterocycles. The molecule has 0 aliphatic carbocycles. The maximum Gasteiger partial charge on any atom is 0.267 e. The molecule has 0 saturated carbocycles. The molecule has 8 heteroatoms. The molecule has 2 aromatic carbocycles. The highest BCUT2D eigenvalue weighted by molar-refractivity contribution is 9.10. The maximum atomic E-state index is 13.4. The third kappa shape index (κ3) is 2.90. The average Bonchev–Trinajstić information content (AvgIpc) is 3.23. The Morgan fingerprint density at radius 1 is 0.935 bits per heavy atom. The fraction of sp³-hybridized carbons (Fsp3) is 0.0870. The van der Waals surface area contributed by atoms with Crippen LogP contribution in [-0.2, 0) is 0 Å². The van der Waals surface area contributed by atoms with Crippen molar-refractivity contribution >= 4 is 50.2 Å². The summed E-state index contributed by atoms with van der Waals surface area (Å²) in [6.45, 7) is 3.26. The number of hydrogen-bond acceptors (Lipinski definition) is 5. The predicted octanol–water partition coefficient (Wildman–Crippen LogP) is 4.49. The molecule has 1 aliphatic heterocycles. The van der Waals surface area contributed by atoms with Crippen molar-refractivity contribution in [2.24, 2.45) is 0 Å². The van der Waals surface area contributed by atoms with Crippen molar-refractivity contribution in [3.63, 3.8) is 0 Å². The summed E-state index contributed by atoms with van der Waals surface area (Å²) >= 11 is 3.42. The molecule has 0 spiro atoms. The lowest BCUT2D eigenvalue weighted by atomic mass is 10.1. The van der Waals surface area contributed by atoms with Gasteiger partial charge in [-0.15, -0.1) is 0 Å². The molecule has 5 rings (SSSR count). The summed E-state index contributed by atoms with van der Waals surface area (Å²) in [5.74, 6) is -0.960. The molecule has 2 amide bonds. The predicted molar refractivity (Wildman–Crippen MR) is 119 cm³/mol. The van der Waals surface area contributed by atoms with E-state index in [4.69, 9.17) is 0 Å². The van der Waals surface area contributed by atoms with E-state index in [0.29, 0.717) is 33.5 Å². The highest BCUT2D eigenvalue weighted by Gasteiger charge is 2.40. The van der Waals surface area contributed by atoms with E-state index < -0.39 is 11.8 Å². The number of aromatic nitrogens is 3. The molecular formula is C23H15BrN4O3. The van der Waals surface area contributed by atoms with Crippen molar-refractivity contribution in [3.8, 4) is 5.69 Å². The number of anilines is 1. The van der Waals surface area contributed by atoms with E-state index >= 15 is 0 Å². The van der Waals surface area contributed by atoms with Crippen LogP contribution in [0.25, 0.3) is 16.7 Å². The first kappa shape index (κ1) is 19.3. The van der Waals surface area contributed by atoms with Gasteiger partial charge in [-0.2, -0.15) is 5.10 Å². The van der Waals surface area contributed by atoms with Gasteiger partial charge in [-0.25, -0.2) is 14.6 Å². The second-order valence-corrected chi connectivity index (χ2v) is 8.18. The zero-order valence-corrected chi connectivity index (χ0v) is 18.2. The van der Waals surface area contributed by atoms with Crippen molar-refractivity contribution in [1.29, 1.82) is 0 Å². The lowest BCUT2D eigenvalue weighted by molar-refractivity contribution is 0.0925. The Bertz CT molecular complexity index is 1410. The SMILES string of the molecule is CC(=O)c1ccc(N2C(=O)c3cnc4c(c(C)nn4-c4ccc(Br)cc4)c3C2=O)cc1. The van der Waals surface area contributed by atoms with E-state index in [0.717, 1.165) is 15.1 Å². The van der Waals surface area contributed by atoms with Crippen LogP contribution in [0, 0.1) is 6.92 Å². The van der Waals surface area contributed by atoms with E-state index in [1.54, 1.807) is 35.9 Å². The molecule has 0 radical (unpaired) electrons. The molecule has 0 unspecified atom stereocenters. The van der Waals surface area contributed by atoms with E-state index in [9.17, 15) is 14.4 Å². The Morgan fingerprint density at radius 3 is 2.23 bits per heavy atom. The molecule has 0 N–H and O–H groups in total. The van der Waals surface area contributed by atoms with Gasteiger partial charge >= 0.3 is 0 Å². The first-order valence-electron chi connectivity index (χ1n) is 9.51. The third-order valence-corrected chi connectivity index (χ3v) is 5.85. The van der Waals surface area contributed by atoms with Crippen LogP contribution in [0.1, 0.15) is 43.7 Å². The zero-order chi connectivity index (χ0) is 21.9. The zero-order valence-electron chi connectivity index (χ0n) is 16.6. The van der Waals surface area contributed by atoms with Crippen LogP contribution in [0.3, 0.4) is 0 Å². The van der Waals surface area contributed by atoms with Crippen LogP contribution in [0.5, 0.6) is 0 Å². The Labute approximate surface area is 185 Å². The summed E-state index contributed by atoms with van der Waals surface area (Å²) in [5, 5.41) is 5.13. The van der Waals surface area contributed by atoms with Gasteiger partial charge in [0.2, 0.25) is 0 Å². The highest BCUT2D eigenvalue weighted by atomic mass is 79.9. The normalized spacial score (nSPS) is 13.2. The van der Waals surface area contributed by atoms with E-state index in [1.807, 2.05) is 24.3 Å². The van der Waals surface area contributed by atoms with Gasteiger partial charge in [0.25, 0.3) is 11.8 Å². The number of halogens is 1. The number of nitrogens with zero attached hydrogens (tertiary/aromatic N) is 4. The van der Waals surface area contributed by atoms with Crippen LogP contribution < -0.4 is 4.90 Å². The smallest absolute Gasteiger partial charge is 0.267 e. The summed E-state index contributed by atoms with van der Waals surface area (Å²) < 4.78 is 2.60. The van der Waals surface area contributed by atoms with E-state index in [2.05, 4.69) is 26.0 Å². The second-order valence-electron chi connectivity index (χ2n) is 7.27. The van der Waals surface area contributed by atoms with Gasteiger partial charge in [0.1, 0.15) is 0 Å². The molecule has 0 fully saturated rings. The van der Waals surface area contributed by atoms with Crippen LogP contribution in [0.4, 0.5) is 5.69 Å². The van der Waals surface area contributed by atoms with E-state index in [-0.39, 0.29) is 11.3 Å². The van der Waals surface area contributed by atoms with Crippen LogP contribution in [-0.4, -0.2) is 32.4 Å².